The van der Waals surface area contributed by atoms with Crippen molar-refractivity contribution in [3.05, 3.63) is 47.0 Å². The molecule has 0 saturated carbocycles. The normalized spacial score (nSPS) is 10.4. The predicted molar refractivity (Wildman–Crippen MR) is 72.7 cm³/mol. The average Bonchev–Trinajstić information content (AvgIpc) is 2.53. The Balaban J connectivity index is 2.23. The number of halogens is 6. The molecule has 0 saturated heterocycles. The second kappa shape index (κ2) is 7.45. The van der Waals surface area contributed by atoms with E-state index in [1.54, 1.807) is 0 Å². The van der Waals surface area contributed by atoms with Gasteiger partial charge in [-0.05, 0) is 0 Å². The monoisotopic (exact) mass is 365 g/mol. The van der Waals surface area contributed by atoms with Gasteiger partial charge in [-0.3, -0.25) is 0 Å². The van der Waals surface area contributed by atoms with E-state index >= 15 is 0 Å². The van der Waals surface area contributed by atoms with Crippen LogP contribution in [0.15, 0.2) is 12.1 Å². The highest BCUT2D eigenvalue weighted by atomic mass is 19.2. The van der Waals surface area contributed by atoms with Crippen LogP contribution in [0.2, 0.25) is 0 Å². The summed E-state index contributed by atoms with van der Waals surface area (Å²) in [7, 11) is 2.02. The van der Waals surface area contributed by atoms with Crippen molar-refractivity contribution in [2.24, 2.45) is 0 Å². The zero-order chi connectivity index (χ0) is 18.7. The van der Waals surface area contributed by atoms with E-state index in [0.717, 1.165) is 14.2 Å². The van der Waals surface area contributed by atoms with Crippen LogP contribution in [0.5, 0.6) is 23.0 Å². The lowest BCUT2D eigenvalue weighted by Crippen LogP contribution is -2.15. The maximum absolute atomic E-state index is 13.8. The summed E-state index contributed by atoms with van der Waals surface area (Å²) in [5, 5.41) is 0. The number of hydrogen-bond acceptors (Lipinski definition) is 4. The number of rotatable bonds is 6. The molecule has 0 heterocycles. The zero-order valence-corrected chi connectivity index (χ0v) is 12.6. The van der Waals surface area contributed by atoms with E-state index in [2.05, 4.69) is 18.8 Å². The molecule has 4 nitrogen and oxygen atoms in total. The highest BCUT2D eigenvalue weighted by molar-refractivity contribution is 6.20. The Morgan fingerprint density at radius 2 is 0.920 bits per heavy atom. The SMILES string of the molecule is COc1c(F)cc(F)c(O[B]Oc2c(F)cc(F)c(OC)c2F)c1F. The van der Waals surface area contributed by atoms with Gasteiger partial charge in [-0.25, -0.2) is 17.6 Å². The molecular formula is C14H8BF6O4. The molecule has 0 aliphatic carbocycles. The maximum atomic E-state index is 13.8. The second-order valence-corrected chi connectivity index (χ2v) is 4.37. The molecule has 2 aromatic carbocycles. The van der Waals surface area contributed by atoms with Gasteiger partial charge in [0.25, 0.3) is 0 Å². The molecule has 1 radical (unpaired) electrons. The summed E-state index contributed by atoms with van der Waals surface area (Å²) in [6.45, 7) is 0. The van der Waals surface area contributed by atoms with Crippen LogP contribution in [0.1, 0.15) is 0 Å². The van der Waals surface area contributed by atoms with Crippen molar-refractivity contribution in [2.45, 2.75) is 0 Å². The average molecular weight is 365 g/mol. The standard InChI is InChI=1S/C14H8BF6O4/c1-22-11-5(16)3-7(18)13(9(11)20)24-15-25-14-8(19)4-6(17)12(23-2)10(14)21/h3-4H,1-2H3. The van der Waals surface area contributed by atoms with Crippen molar-refractivity contribution in [3.63, 3.8) is 0 Å². The quantitative estimate of drug-likeness (QED) is 0.580. The lowest BCUT2D eigenvalue weighted by atomic mass is 10.2. The van der Waals surface area contributed by atoms with Gasteiger partial charge in [0, 0.05) is 12.1 Å². The minimum Gasteiger partial charge on any atom is -0.522 e. The zero-order valence-electron chi connectivity index (χ0n) is 12.6. The first-order chi connectivity index (χ1) is 11.8. The molecule has 2 aromatic rings. The molecule has 0 N–H and O–H groups in total. The van der Waals surface area contributed by atoms with Crippen LogP contribution in [0.4, 0.5) is 26.3 Å². The smallest absolute Gasteiger partial charge is 0.522 e. The molecule has 0 spiro atoms. The van der Waals surface area contributed by atoms with Gasteiger partial charge in [-0.15, -0.1) is 0 Å². The number of benzene rings is 2. The van der Waals surface area contributed by atoms with Crippen LogP contribution < -0.4 is 18.8 Å². The van der Waals surface area contributed by atoms with Crippen LogP contribution >= 0.6 is 0 Å². The summed E-state index contributed by atoms with van der Waals surface area (Å²) >= 11 is 0. The molecule has 25 heavy (non-hydrogen) atoms. The number of ether oxygens (including phenoxy) is 2. The Kier molecular flexibility index (Phi) is 5.55. The first-order valence-corrected chi connectivity index (χ1v) is 6.39. The lowest BCUT2D eigenvalue weighted by Gasteiger charge is -2.13. The Morgan fingerprint density at radius 3 is 1.24 bits per heavy atom. The van der Waals surface area contributed by atoms with Crippen molar-refractivity contribution in [3.8, 4) is 23.0 Å². The van der Waals surface area contributed by atoms with Crippen molar-refractivity contribution < 1.29 is 45.1 Å². The van der Waals surface area contributed by atoms with E-state index in [4.69, 9.17) is 0 Å². The van der Waals surface area contributed by atoms with E-state index in [1.807, 2.05) is 0 Å². The second-order valence-electron chi connectivity index (χ2n) is 4.37. The van der Waals surface area contributed by atoms with Crippen LogP contribution in [0, 0.1) is 34.9 Å². The Labute approximate surface area is 138 Å². The van der Waals surface area contributed by atoms with Crippen LogP contribution in [0.3, 0.4) is 0 Å². The minimum atomic E-state index is -1.54. The minimum absolute atomic E-state index is 0.164. The molecule has 0 amide bonds. The van der Waals surface area contributed by atoms with Crippen LogP contribution in [-0.2, 0) is 0 Å². The highest BCUT2D eigenvalue weighted by Crippen LogP contribution is 2.34. The van der Waals surface area contributed by atoms with E-state index in [1.165, 1.54) is 0 Å². The van der Waals surface area contributed by atoms with Crippen molar-refractivity contribution in [2.75, 3.05) is 14.2 Å². The fourth-order valence-electron chi connectivity index (χ4n) is 1.82. The molecule has 0 aliphatic heterocycles. The van der Waals surface area contributed by atoms with Gasteiger partial charge >= 0.3 is 7.69 Å². The highest BCUT2D eigenvalue weighted by Gasteiger charge is 2.25. The molecular weight excluding hydrogens is 357 g/mol. The lowest BCUT2D eigenvalue weighted by molar-refractivity contribution is 0.327. The molecule has 11 heteroatoms. The summed E-state index contributed by atoms with van der Waals surface area (Å²) < 4.78 is 98.9. The van der Waals surface area contributed by atoms with Gasteiger partial charge in [-0.1, -0.05) is 0 Å². The van der Waals surface area contributed by atoms with Gasteiger partial charge in [0.05, 0.1) is 14.2 Å². The van der Waals surface area contributed by atoms with Crippen LogP contribution in [0.25, 0.3) is 0 Å². The number of methoxy groups -OCH3 is 2. The van der Waals surface area contributed by atoms with E-state index in [0.29, 0.717) is 0 Å². The summed E-state index contributed by atoms with van der Waals surface area (Å²) in [6, 6.07) is 0.542. The van der Waals surface area contributed by atoms with Crippen molar-refractivity contribution in [1.29, 1.82) is 0 Å². The van der Waals surface area contributed by atoms with Gasteiger partial charge in [0.15, 0.2) is 46.3 Å². The molecule has 0 aromatic heterocycles. The summed E-state index contributed by atoms with van der Waals surface area (Å²) in [5.41, 5.74) is 0. The molecule has 133 valence electrons. The van der Waals surface area contributed by atoms with Crippen LogP contribution in [-0.4, -0.2) is 21.9 Å². The van der Waals surface area contributed by atoms with E-state index in [-0.39, 0.29) is 19.8 Å². The fraction of sp³-hybridized carbons (Fsp3) is 0.143. The Hall–Kier alpha value is -2.72. The van der Waals surface area contributed by atoms with Crippen molar-refractivity contribution >= 4 is 7.69 Å². The first kappa shape index (κ1) is 18.6. The molecule has 0 bridgehead atoms. The summed E-state index contributed by atoms with van der Waals surface area (Å²) in [6.07, 6.45) is 0. The summed E-state index contributed by atoms with van der Waals surface area (Å²) in [5.74, 6) is -12.8. The Morgan fingerprint density at radius 1 is 0.600 bits per heavy atom. The van der Waals surface area contributed by atoms with Gasteiger partial charge in [0.1, 0.15) is 0 Å². The first-order valence-electron chi connectivity index (χ1n) is 6.39. The maximum Gasteiger partial charge on any atom is 0.658 e. The largest absolute Gasteiger partial charge is 0.658 e. The van der Waals surface area contributed by atoms with E-state index in [9.17, 15) is 26.3 Å². The molecule has 2 rings (SSSR count). The molecule has 0 fully saturated rings. The third-order valence-electron chi connectivity index (χ3n) is 2.91. The third-order valence-corrected chi connectivity index (χ3v) is 2.91. The molecule has 0 atom stereocenters. The third kappa shape index (κ3) is 3.54. The molecule has 0 unspecified atom stereocenters. The van der Waals surface area contributed by atoms with Gasteiger partial charge in [0.2, 0.25) is 11.6 Å². The predicted octanol–water partition coefficient (Wildman–Crippen LogP) is 3.53. The Bertz CT molecular complexity index is 736. The van der Waals surface area contributed by atoms with Crippen molar-refractivity contribution in [1.82, 2.24) is 0 Å². The molecule has 0 aliphatic rings. The van der Waals surface area contributed by atoms with E-state index < -0.39 is 57.9 Å². The summed E-state index contributed by atoms with van der Waals surface area (Å²) in [4.78, 5) is 0. The van der Waals surface area contributed by atoms with Gasteiger partial charge in [-0.2, -0.15) is 8.78 Å². The number of hydrogen-bond donors (Lipinski definition) is 0. The topological polar surface area (TPSA) is 36.9 Å². The van der Waals surface area contributed by atoms with Gasteiger partial charge < -0.3 is 18.8 Å². The fourth-order valence-corrected chi connectivity index (χ4v) is 1.82.